The molecule has 2 fully saturated rings. The van der Waals surface area contributed by atoms with Crippen molar-refractivity contribution in [3.63, 3.8) is 0 Å². The van der Waals surface area contributed by atoms with E-state index >= 15 is 0 Å². The fourth-order valence-corrected chi connectivity index (χ4v) is 5.13. The maximum absolute atomic E-state index is 12.9. The molecule has 3 rings (SSSR count). The second-order valence-corrected chi connectivity index (χ2v) is 8.38. The SMILES string of the molecule is O=C(NC1CCCNC1)C1CCCCN1S(=O)(=O)c1ccccc1. The van der Waals surface area contributed by atoms with Gasteiger partial charge in [0.25, 0.3) is 0 Å². The minimum absolute atomic E-state index is 0.0921. The molecule has 0 aromatic heterocycles. The summed E-state index contributed by atoms with van der Waals surface area (Å²) in [7, 11) is -3.64. The van der Waals surface area contributed by atoms with Crippen LogP contribution in [0.25, 0.3) is 0 Å². The van der Waals surface area contributed by atoms with Gasteiger partial charge in [0.2, 0.25) is 15.9 Å². The molecule has 1 aromatic rings. The number of sulfonamides is 1. The summed E-state index contributed by atoms with van der Waals surface area (Å²) < 4.78 is 27.2. The molecule has 2 N–H and O–H groups in total. The molecule has 2 aliphatic heterocycles. The van der Waals surface area contributed by atoms with Gasteiger partial charge in [-0.1, -0.05) is 24.6 Å². The Morgan fingerprint density at radius 3 is 2.62 bits per heavy atom. The average Bonchev–Trinajstić information content (AvgIpc) is 2.63. The number of hydrogen-bond acceptors (Lipinski definition) is 4. The molecule has 1 aromatic carbocycles. The van der Waals surface area contributed by atoms with Gasteiger partial charge in [0.1, 0.15) is 6.04 Å². The first kappa shape index (κ1) is 17.4. The van der Waals surface area contributed by atoms with Crippen molar-refractivity contribution in [2.45, 2.75) is 49.1 Å². The van der Waals surface area contributed by atoms with E-state index in [4.69, 9.17) is 0 Å². The van der Waals surface area contributed by atoms with Gasteiger partial charge in [0.15, 0.2) is 0 Å². The van der Waals surface area contributed by atoms with E-state index in [1.54, 1.807) is 30.3 Å². The maximum atomic E-state index is 12.9. The quantitative estimate of drug-likeness (QED) is 0.851. The third-order valence-electron chi connectivity index (χ3n) is 4.75. The second-order valence-electron chi connectivity index (χ2n) is 6.49. The Hall–Kier alpha value is -1.44. The van der Waals surface area contributed by atoms with Crippen LogP contribution in [-0.2, 0) is 14.8 Å². The zero-order chi connectivity index (χ0) is 17.0. The number of carbonyl (C=O) groups excluding carboxylic acids is 1. The van der Waals surface area contributed by atoms with Crippen LogP contribution in [0.15, 0.2) is 35.2 Å². The monoisotopic (exact) mass is 351 g/mol. The van der Waals surface area contributed by atoms with Gasteiger partial charge in [-0.3, -0.25) is 4.79 Å². The number of amides is 1. The van der Waals surface area contributed by atoms with Gasteiger partial charge in [0, 0.05) is 19.1 Å². The van der Waals surface area contributed by atoms with Gasteiger partial charge in [-0.15, -0.1) is 0 Å². The second kappa shape index (κ2) is 7.63. The van der Waals surface area contributed by atoms with Crippen LogP contribution in [0.2, 0.25) is 0 Å². The molecule has 0 spiro atoms. The molecule has 0 aliphatic carbocycles. The van der Waals surface area contributed by atoms with Crippen LogP contribution >= 0.6 is 0 Å². The van der Waals surface area contributed by atoms with Gasteiger partial charge < -0.3 is 10.6 Å². The number of hydrogen-bond donors (Lipinski definition) is 2. The molecule has 132 valence electrons. The molecule has 6 nitrogen and oxygen atoms in total. The Morgan fingerprint density at radius 2 is 1.92 bits per heavy atom. The molecule has 0 radical (unpaired) electrons. The minimum Gasteiger partial charge on any atom is -0.351 e. The van der Waals surface area contributed by atoms with Crippen molar-refractivity contribution >= 4 is 15.9 Å². The van der Waals surface area contributed by atoms with Gasteiger partial charge >= 0.3 is 0 Å². The van der Waals surface area contributed by atoms with E-state index < -0.39 is 16.1 Å². The van der Waals surface area contributed by atoms with E-state index in [9.17, 15) is 13.2 Å². The van der Waals surface area contributed by atoms with Crippen molar-refractivity contribution in [1.29, 1.82) is 0 Å². The third-order valence-corrected chi connectivity index (χ3v) is 6.67. The van der Waals surface area contributed by atoms with Crippen LogP contribution in [-0.4, -0.2) is 50.3 Å². The van der Waals surface area contributed by atoms with Crippen LogP contribution in [0, 0.1) is 0 Å². The van der Waals surface area contributed by atoms with Crippen LogP contribution in [0.4, 0.5) is 0 Å². The van der Waals surface area contributed by atoms with E-state index in [2.05, 4.69) is 10.6 Å². The summed E-state index contributed by atoms with van der Waals surface area (Å²) in [6.07, 6.45) is 4.22. The molecule has 0 bridgehead atoms. The van der Waals surface area contributed by atoms with Crippen molar-refractivity contribution in [3.8, 4) is 0 Å². The van der Waals surface area contributed by atoms with Crippen molar-refractivity contribution in [2.75, 3.05) is 19.6 Å². The number of rotatable bonds is 4. The first-order valence-electron chi connectivity index (χ1n) is 8.67. The maximum Gasteiger partial charge on any atom is 0.243 e. The predicted molar refractivity (Wildman–Crippen MR) is 92.0 cm³/mol. The molecule has 2 heterocycles. The van der Waals surface area contributed by atoms with Crippen LogP contribution in [0.3, 0.4) is 0 Å². The van der Waals surface area contributed by atoms with Crippen molar-refractivity contribution < 1.29 is 13.2 Å². The van der Waals surface area contributed by atoms with E-state index in [0.29, 0.717) is 13.0 Å². The highest BCUT2D eigenvalue weighted by Crippen LogP contribution is 2.25. The lowest BCUT2D eigenvalue weighted by Gasteiger charge is -2.35. The smallest absolute Gasteiger partial charge is 0.243 e. The highest BCUT2D eigenvalue weighted by atomic mass is 32.2. The third kappa shape index (κ3) is 3.79. The summed E-state index contributed by atoms with van der Waals surface area (Å²) in [5.41, 5.74) is 0. The van der Waals surface area contributed by atoms with Crippen molar-refractivity contribution in [1.82, 2.24) is 14.9 Å². The molecule has 2 atom stereocenters. The fourth-order valence-electron chi connectivity index (χ4n) is 3.45. The first-order valence-corrected chi connectivity index (χ1v) is 10.1. The molecule has 7 heteroatoms. The summed E-state index contributed by atoms with van der Waals surface area (Å²) in [6.45, 7) is 2.13. The minimum atomic E-state index is -3.64. The highest BCUT2D eigenvalue weighted by molar-refractivity contribution is 7.89. The number of benzene rings is 1. The number of carbonyl (C=O) groups is 1. The molecular weight excluding hydrogens is 326 g/mol. The lowest BCUT2D eigenvalue weighted by Crippen LogP contribution is -2.55. The molecule has 2 unspecified atom stereocenters. The van der Waals surface area contributed by atoms with Gasteiger partial charge in [-0.2, -0.15) is 4.31 Å². The topological polar surface area (TPSA) is 78.5 Å². The number of piperidine rings is 2. The largest absolute Gasteiger partial charge is 0.351 e. The Kier molecular flexibility index (Phi) is 5.53. The van der Waals surface area contributed by atoms with E-state index in [0.717, 1.165) is 38.8 Å². The number of nitrogens with zero attached hydrogens (tertiary/aromatic N) is 1. The summed E-state index contributed by atoms with van der Waals surface area (Å²) in [6, 6.07) is 7.86. The Morgan fingerprint density at radius 1 is 1.12 bits per heavy atom. The molecule has 2 aliphatic rings. The van der Waals surface area contributed by atoms with Crippen molar-refractivity contribution in [3.05, 3.63) is 30.3 Å². The van der Waals surface area contributed by atoms with Crippen LogP contribution in [0.5, 0.6) is 0 Å². The Bertz CT molecular complexity index is 657. The molecule has 0 saturated carbocycles. The first-order chi connectivity index (χ1) is 11.6. The lowest BCUT2D eigenvalue weighted by atomic mass is 10.0. The summed E-state index contributed by atoms with van der Waals surface area (Å²) in [5.74, 6) is -0.164. The zero-order valence-corrected chi connectivity index (χ0v) is 14.6. The summed E-state index contributed by atoms with van der Waals surface area (Å²) >= 11 is 0. The predicted octanol–water partition coefficient (Wildman–Crippen LogP) is 1.10. The molecular formula is C17H25N3O3S. The fraction of sp³-hybridized carbons (Fsp3) is 0.588. The summed E-state index contributed by atoms with van der Waals surface area (Å²) in [4.78, 5) is 13.0. The molecule has 1 amide bonds. The lowest BCUT2D eigenvalue weighted by molar-refractivity contribution is -0.126. The van der Waals surface area contributed by atoms with Crippen LogP contribution < -0.4 is 10.6 Å². The summed E-state index contributed by atoms with van der Waals surface area (Å²) in [5, 5.41) is 6.30. The van der Waals surface area contributed by atoms with Gasteiger partial charge in [0.05, 0.1) is 4.90 Å². The normalized spacial score (nSPS) is 26.0. The number of nitrogens with one attached hydrogen (secondary N) is 2. The molecule has 24 heavy (non-hydrogen) atoms. The Labute approximate surface area is 143 Å². The Balaban J connectivity index is 1.76. The standard InChI is InChI=1S/C17H25N3O3S/c21-17(19-14-7-6-11-18-13-14)16-10-4-5-12-20(16)24(22,23)15-8-2-1-3-9-15/h1-3,8-9,14,16,18H,4-7,10-13H2,(H,19,21). The van der Waals surface area contributed by atoms with Crippen molar-refractivity contribution in [2.24, 2.45) is 0 Å². The highest BCUT2D eigenvalue weighted by Gasteiger charge is 2.38. The van der Waals surface area contributed by atoms with E-state index in [1.807, 2.05) is 0 Å². The van der Waals surface area contributed by atoms with E-state index in [1.165, 1.54) is 4.31 Å². The van der Waals surface area contributed by atoms with Crippen LogP contribution in [0.1, 0.15) is 32.1 Å². The van der Waals surface area contributed by atoms with Gasteiger partial charge in [-0.05, 0) is 44.4 Å². The molecule has 2 saturated heterocycles. The van der Waals surface area contributed by atoms with Gasteiger partial charge in [-0.25, -0.2) is 8.42 Å². The zero-order valence-electron chi connectivity index (χ0n) is 13.8. The average molecular weight is 351 g/mol. The van der Waals surface area contributed by atoms with E-state index in [-0.39, 0.29) is 16.8 Å².